The first-order valence-corrected chi connectivity index (χ1v) is 8.33. The molecule has 122 valence electrons. The zero-order valence-electron chi connectivity index (χ0n) is 13.6. The van der Waals surface area contributed by atoms with E-state index in [1.807, 2.05) is 35.1 Å². The number of rotatable bonds is 5. The van der Waals surface area contributed by atoms with Gasteiger partial charge in [0.25, 0.3) is 0 Å². The van der Waals surface area contributed by atoms with Crippen molar-refractivity contribution in [2.24, 2.45) is 0 Å². The van der Waals surface area contributed by atoms with Gasteiger partial charge in [-0.25, -0.2) is 4.79 Å². The maximum atomic E-state index is 12.0. The maximum absolute atomic E-state index is 12.0. The Labute approximate surface area is 140 Å². The molecule has 0 radical (unpaired) electrons. The van der Waals surface area contributed by atoms with Crippen molar-refractivity contribution < 1.29 is 9.53 Å². The monoisotopic (exact) mass is 321 g/mol. The zero-order valence-corrected chi connectivity index (χ0v) is 13.6. The molecule has 1 aliphatic rings. The van der Waals surface area contributed by atoms with Crippen LogP contribution in [0.4, 0.5) is 0 Å². The van der Waals surface area contributed by atoms with E-state index >= 15 is 0 Å². The summed E-state index contributed by atoms with van der Waals surface area (Å²) in [5.74, 6) is 0.156. The van der Waals surface area contributed by atoms with Gasteiger partial charge in [-0.1, -0.05) is 18.2 Å². The van der Waals surface area contributed by atoms with Crippen LogP contribution < -0.4 is 0 Å². The lowest BCUT2D eigenvalue weighted by atomic mass is 10.1. The van der Waals surface area contributed by atoms with Gasteiger partial charge in [0.2, 0.25) is 0 Å². The molecular formula is C19H19N3O2. The Morgan fingerprint density at radius 1 is 1.29 bits per heavy atom. The summed E-state index contributed by atoms with van der Waals surface area (Å²) in [6.07, 6.45) is 4.19. The number of pyridine rings is 1. The second-order valence-electron chi connectivity index (χ2n) is 6.14. The standard InChI is InChI=1S/C19H19N3O2/c1-2-24-19(23)17-10-18(14-7-8-14)22(21-17)12-13-9-15-5-3-4-6-16(15)20-11-13/h3-6,9-11,14H,2,7-8,12H2,1H3. The van der Waals surface area contributed by atoms with Crippen molar-refractivity contribution in [2.45, 2.75) is 32.2 Å². The van der Waals surface area contributed by atoms with E-state index in [2.05, 4.69) is 22.2 Å². The Bertz CT molecular complexity index is 897. The lowest BCUT2D eigenvalue weighted by molar-refractivity contribution is 0.0518. The van der Waals surface area contributed by atoms with E-state index in [0.717, 1.165) is 35.0 Å². The smallest absolute Gasteiger partial charge is 0.358 e. The molecule has 5 nitrogen and oxygen atoms in total. The lowest BCUT2D eigenvalue weighted by Gasteiger charge is -2.07. The van der Waals surface area contributed by atoms with E-state index in [0.29, 0.717) is 24.8 Å². The van der Waals surface area contributed by atoms with E-state index < -0.39 is 0 Å². The average Bonchev–Trinajstić information content (AvgIpc) is 3.36. The highest BCUT2D eigenvalue weighted by Gasteiger charge is 2.29. The molecule has 0 spiro atoms. The summed E-state index contributed by atoms with van der Waals surface area (Å²) in [5.41, 5.74) is 3.57. The number of hydrogen-bond donors (Lipinski definition) is 0. The fourth-order valence-corrected chi connectivity index (χ4v) is 2.95. The predicted molar refractivity (Wildman–Crippen MR) is 91.0 cm³/mol. The molecule has 1 aromatic carbocycles. The average molecular weight is 321 g/mol. The molecule has 4 rings (SSSR count). The van der Waals surface area contributed by atoms with Gasteiger partial charge in [-0.3, -0.25) is 9.67 Å². The number of para-hydroxylation sites is 1. The van der Waals surface area contributed by atoms with Crippen LogP contribution in [0.5, 0.6) is 0 Å². The van der Waals surface area contributed by atoms with Crippen molar-refractivity contribution in [3.63, 3.8) is 0 Å². The molecule has 0 amide bonds. The van der Waals surface area contributed by atoms with Gasteiger partial charge in [-0.05, 0) is 43.5 Å². The first-order valence-electron chi connectivity index (χ1n) is 8.33. The highest BCUT2D eigenvalue weighted by atomic mass is 16.5. The number of nitrogens with zero attached hydrogens (tertiary/aromatic N) is 3. The van der Waals surface area contributed by atoms with Crippen LogP contribution in [-0.4, -0.2) is 27.3 Å². The minimum Gasteiger partial charge on any atom is -0.461 e. The van der Waals surface area contributed by atoms with Gasteiger partial charge in [0, 0.05) is 23.2 Å². The molecule has 3 aromatic rings. The maximum Gasteiger partial charge on any atom is 0.358 e. The van der Waals surface area contributed by atoms with Gasteiger partial charge in [0.05, 0.1) is 18.7 Å². The molecule has 0 N–H and O–H groups in total. The van der Waals surface area contributed by atoms with Gasteiger partial charge >= 0.3 is 5.97 Å². The molecule has 2 heterocycles. The van der Waals surface area contributed by atoms with Gasteiger partial charge in [-0.2, -0.15) is 5.10 Å². The number of ether oxygens (including phenoxy) is 1. The van der Waals surface area contributed by atoms with Gasteiger partial charge in [-0.15, -0.1) is 0 Å². The molecule has 0 aliphatic heterocycles. The molecule has 1 aliphatic carbocycles. The highest BCUT2D eigenvalue weighted by Crippen LogP contribution is 2.40. The van der Waals surface area contributed by atoms with Crippen LogP contribution in [0, 0.1) is 0 Å². The Morgan fingerprint density at radius 2 is 2.12 bits per heavy atom. The number of fused-ring (bicyclic) bond motifs is 1. The van der Waals surface area contributed by atoms with E-state index in [-0.39, 0.29) is 5.97 Å². The topological polar surface area (TPSA) is 57.0 Å². The molecule has 0 bridgehead atoms. The fourth-order valence-electron chi connectivity index (χ4n) is 2.95. The van der Waals surface area contributed by atoms with Crippen LogP contribution in [0.2, 0.25) is 0 Å². The van der Waals surface area contributed by atoms with Crippen molar-refractivity contribution in [1.29, 1.82) is 0 Å². The molecular weight excluding hydrogens is 302 g/mol. The molecule has 5 heteroatoms. The van der Waals surface area contributed by atoms with E-state index in [4.69, 9.17) is 4.74 Å². The van der Waals surface area contributed by atoms with Crippen molar-refractivity contribution in [3.8, 4) is 0 Å². The number of carbonyl (C=O) groups excluding carboxylic acids is 1. The summed E-state index contributed by atoms with van der Waals surface area (Å²) in [4.78, 5) is 16.5. The summed E-state index contributed by atoms with van der Waals surface area (Å²) >= 11 is 0. The summed E-state index contributed by atoms with van der Waals surface area (Å²) in [6.45, 7) is 2.78. The zero-order chi connectivity index (χ0) is 16.5. The third-order valence-corrected chi connectivity index (χ3v) is 4.27. The van der Waals surface area contributed by atoms with Crippen molar-refractivity contribution >= 4 is 16.9 Å². The van der Waals surface area contributed by atoms with Gasteiger partial charge in [0.1, 0.15) is 0 Å². The molecule has 24 heavy (non-hydrogen) atoms. The van der Waals surface area contributed by atoms with Crippen LogP contribution >= 0.6 is 0 Å². The molecule has 2 aromatic heterocycles. The lowest BCUT2D eigenvalue weighted by Crippen LogP contribution is -2.09. The second-order valence-corrected chi connectivity index (χ2v) is 6.14. The summed E-state index contributed by atoms with van der Waals surface area (Å²) in [7, 11) is 0. The third kappa shape index (κ3) is 2.89. The van der Waals surface area contributed by atoms with Gasteiger partial charge < -0.3 is 4.74 Å². The third-order valence-electron chi connectivity index (χ3n) is 4.27. The SMILES string of the molecule is CCOC(=O)c1cc(C2CC2)n(Cc2cnc3ccccc3c2)n1. The number of benzene rings is 1. The van der Waals surface area contributed by atoms with Crippen molar-refractivity contribution in [2.75, 3.05) is 6.61 Å². The Balaban J connectivity index is 1.65. The van der Waals surface area contributed by atoms with Crippen LogP contribution in [0.15, 0.2) is 42.6 Å². The number of esters is 1. The quantitative estimate of drug-likeness (QED) is 0.675. The predicted octanol–water partition coefficient (Wildman–Crippen LogP) is 3.53. The Kier molecular flexibility index (Phi) is 3.76. The number of hydrogen-bond acceptors (Lipinski definition) is 4. The molecule has 0 saturated heterocycles. The van der Waals surface area contributed by atoms with Crippen LogP contribution in [0.25, 0.3) is 10.9 Å². The molecule has 0 unspecified atom stereocenters. The van der Waals surface area contributed by atoms with E-state index in [1.165, 1.54) is 0 Å². The minimum absolute atomic E-state index is 0.352. The second kappa shape index (κ2) is 6.07. The van der Waals surface area contributed by atoms with Crippen molar-refractivity contribution in [1.82, 2.24) is 14.8 Å². The number of aromatic nitrogens is 3. The Morgan fingerprint density at radius 3 is 2.92 bits per heavy atom. The summed E-state index contributed by atoms with van der Waals surface area (Å²) < 4.78 is 7.00. The summed E-state index contributed by atoms with van der Waals surface area (Å²) in [5, 5.41) is 5.59. The minimum atomic E-state index is -0.352. The molecule has 1 fully saturated rings. The molecule has 1 saturated carbocycles. The Hall–Kier alpha value is -2.69. The highest BCUT2D eigenvalue weighted by molar-refractivity contribution is 5.87. The first-order chi connectivity index (χ1) is 11.7. The molecule has 0 atom stereocenters. The number of carbonyl (C=O) groups is 1. The van der Waals surface area contributed by atoms with Gasteiger partial charge in [0.15, 0.2) is 5.69 Å². The van der Waals surface area contributed by atoms with E-state index in [1.54, 1.807) is 6.92 Å². The largest absolute Gasteiger partial charge is 0.461 e. The van der Waals surface area contributed by atoms with Crippen LogP contribution in [0.1, 0.15) is 47.4 Å². The van der Waals surface area contributed by atoms with Crippen LogP contribution in [0.3, 0.4) is 0 Å². The normalized spacial score (nSPS) is 14.0. The van der Waals surface area contributed by atoms with E-state index in [9.17, 15) is 4.79 Å². The van der Waals surface area contributed by atoms with Crippen LogP contribution in [-0.2, 0) is 11.3 Å². The first kappa shape index (κ1) is 14.9. The summed E-state index contributed by atoms with van der Waals surface area (Å²) in [6, 6.07) is 12.1. The van der Waals surface area contributed by atoms with Crippen molar-refractivity contribution in [3.05, 3.63) is 59.5 Å². The fraction of sp³-hybridized carbons (Fsp3) is 0.316.